The molecule has 0 saturated heterocycles. The van der Waals surface area contributed by atoms with Gasteiger partial charge in [-0.05, 0) is 268 Å². The minimum absolute atomic E-state index is 0.0824. The van der Waals surface area contributed by atoms with Crippen LogP contribution in [0.2, 0.25) is 8.87 Å². The van der Waals surface area contributed by atoms with E-state index in [2.05, 4.69) is 241 Å². The molecular weight excluding hydrogens is 1260 g/mol. The molecule has 5 rings (SSSR count). The molecule has 0 bridgehead atoms. The van der Waals surface area contributed by atoms with Crippen LogP contribution in [0.3, 0.4) is 0 Å². The molecule has 5 heterocycles. The van der Waals surface area contributed by atoms with Crippen molar-refractivity contribution in [3.8, 4) is 249 Å². The number of nitriles is 2. The summed E-state index contributed by atoms with van der Waals surface area (Å²) in [5, 5.41) is 17.3. The zero-order chi connectivity index (χ0) is 62.5. The Kier molecular flexibility index (Phi) is 46.4. The van der Waals surface area contributed by atoms with Crippen LogP contribution < -0.4 is 3.78 Å². The van der Waals surface area contributed by atoms with Crippen molar-refractivity contribution in [1.29, 1.82) is 10.5 Å². The fourth-order valence-electron chi connectivity index (χ4n) is 5.19. The zero-order valence-electron chi connectivity index (χ0n) is 46.4. The monoisotopic (exact) mass is 1300 g/mol. The summed E-state index contributed by atoms with van der Waals surface area (Å²) in [4.78, 5) is 9.90. The van der Waals surface area contributed by atoms with E-state index in [1.807, 2.05) is 66.9 Å². The van der Waals surface area contributed by atoms with Gasteiger partial charge in [0.05, 0.1) is 41.3 Å². The maximum Gasteiger partial charge on any atom is 0.263 e. The van der Waals surface area contributed by atoms with Crippen LogP contribution in [0.4, 0.5) is 0 Å². The van der Waals surface area contributed by atoms with Gasteiger partial charge in [0.2, 0.25) is 0 Å². The van der Waals surface area contributed by atoms with Crippen LogP contribution in [0.15, 0.2) is 103 Å². The largest absolute Gasteiger partial charge is 0.464 e. The Bertz CT molecular complexity index is 4310. The van der Waals surface area contributed by atoms with Crippen molar-refractivity contribution in [2.75, 3.05) is 0 Å². The van der Waals surface area contributed by atoms with Gasteiger partial charge >= 0.3 is 94.8 Å². The Morgan fingerprint density at radius 3 is 1.16 bits per heavy atom. The molecule has 0 aliphatic heterocycles. The minimum Gasteiger partial charge on any atom is -0.464 e. The number of rotatable bonds is 11. The van der Waals surface area contributed by atoms with E-state index < -0.39 is 19.8 Å². The van der Waals surface area contributed by atoms with Crippen molar-refractivity contribution in [1.82, 2.24) is 0 Å². The summed E-state index contributed by atoms with van der Waals surface area (Å²) in [5.74, 6) is 78.7. The number of furan rings is 3. The number of allylic oxidation sites excluding steroid dienone is 2. The molecule has 5 aromatic rings. The van der Waals surface area contributed by atoms with Gasteiger partial charge in [-0.1, -0.05) is 11.8 Å². The van der Waals surface area contributed by atoms with Crippen molar-refractivity contribution < 1.29 is 13.3 Å². The molecule has 85 heavy (non-hydrogen) atoms. The molecule has 0 aliphatic carbocycles. The van der Waals surface area contributed by atoms with E-state index >= 15 is 0 Å². The summed E-state index contributed by atoms with van der Waals surface area (Å²) in [6.45, 7) is 21.6. The van der Waals surface area contributed by atoms with Gasteiger partial charge in [-0.3, -0.25) is 0 Å². The maximum atomic E-state index is 8.66. The topological polar surface area (TPSA) is 95.7 Å². The molecule has 0 aromatic carbocycles. The number of thiophene rings is 2. The van der Waals surface area contributed by atoms with E-state index in [9.17, 15) is 0 Å². The van der Waals surface area contributed by atoms with Gasteiger partial charge in [-0.15, -0.1) is 48.4 Å². The Hall–Kier alpha value is -12.0. The first-order chi connectivity index (χ1) is 41.7. The average molecular weight is 1300 g/mol. The predicted octanol–water partition coefficient (Wildman–Crippen LogP) is 13.2. The quantitative estimate of drug-likeness (QED) is 0.0568. The summed E-state index contributed by atoms with van der Waals surface area (Å²) >= 11 is 4.74. The van der Waals surface area contributed by atoms with Gasteiger partial charge in [0.25, 0.3) is 11.4 Å². The number of hydrogen-bond acceptors (Lipinski definition) is 7. The minimum atomic E-state index is -1.46. The first kappa shape index (κ1) is 73.0. The van der Waals surface area contributed by atoms with Crippen molar-refractivity contribution in [3.05, 3.63) is 122 Å². The van der Waals surface area contributed by atoms with Crippen LogP contribution in [-0.4, -0.2) is 19.8 Å². The number of nitrogens with zero attached hydrogens (tertiary/aromatic N) is 4. The van der Waals surface area contributed by atoms with E-state index in [0.717, 1.165) is 31.0 Å². The van der Waals surface area contributed by atoms with Gasteiger partial charge in [-0.25, -0.2) is 20.2 Å². The van der Waals surface area contributed by atoms with E-state index in [4.69, 9.17) is 62.6 Å². The predicted molar refractivity (Wildman–Crippen MR) is 353 cm³/mol. The van der Waals surface area contributed by atoms with E-state index in [-0.39, 0.29) is 11.4 Å². The second kappa shape index (κ2) is 54.0. The van der Waals surface area contributed by atoms with Crippen molar-refractivity contribution in [2.24, 2.45) is 0 Å². The molecular formula is C74H43BrN4O3S2Sn. The fourth-order valence-corrected chi connectivity index (χ4v) is 16.8. The van der Waals surface area contributed by atoms with Gasteiger partial charge in [0.15, 0.2) is 4.67 Å². The Balaban J connectivity index is 0.00000100. The number of terminal acetylenes is 4. The Labute approximate surface area is 526 Å². The van der Waals surface area contributed by atoms with E-state index in [1.165, 1.54) is 61.0 Å². The molecule has 0 aliphatic rings. The van der Waals surface area contributed by atoms with Crippen molar-refractivity contribution >= 4 is 74.3 Å². The van der Waals surface area contributed by atoms with Gasteiger partial charge in [-0.2, -0.15) is 0 Å². The number of halogens is 1. The molecule has 5 aromatic heterocycles. The average Bonchev–Trinajstić information content (AvgIpc) is 4.29. The molecule has 0 amide bonds. The molecule has 0 N–H and O–H groups in total. The summed E-state index contributed by atoms with van der Waals surface area (Å²) in [7, 11) is 0. The second-order valence-electron chi connectivity index (χ2n) is 14.3. The summed E-state index contributed by atoms with van der Waals surface area (Å²) in [6, 6.07) is 22.9. The third kappa shape index (κ3) is 40.0. The van der Waals surface area contributed by atoms with E-state index in [1.54, 1.807) is 32.3 Å². The van der Waals surface area contributed by atoms with Crippen molar-refractivity contribution in [3.63, 3.8) is 0 Å². The summed E-state index contributed by atoms with van der Waals surface area (Å²) in [5.41, 5.74) is 0.173. The fraction of sp³-hybridized carbons (Fsp3) is 0.135. The third-order valence-electron chi connectivity index (χ3n) is 8.60. The van der Waals surface area contributed by atoms with Gasteiger partial charge in [0.1, 0.15) is 11.5 Å². The van der Waals surface area contributed by atoms with Crippen molar-refractivity contribution in [2.45, 2.75) is 62.3 Å². The number of hydrogen-bond donors (Lipinski definition) is 0. The van der Waals surface area contributed by atoms with Crippen LogP contribution >= 0.6 is 38.6 Å². The molecule has 0 atom stereocenters. The summed E-state index contributed by atoms with van der Waals surface area (Å²) in [6.07, 6.45) is 31.5. The molecule has 0 radical (unpaired) electrons. The molecule has 400 valence electrons. The summed E-state index contributed by atoms with van der Waals surface area (Å²) < 4.78 is 21.3. The first-order valence-electron chi connectivity index (χ1n) is 24.4. The number of unbranched alkanes of at least 4 members (excludes halogenated alkanes) is 2. The molecule has 11 heteroatoms. The van der Waals surface area contributed by atoms with E-state index in [0.29, 0.717) is 4.67 Å². The standard InChI is InChI=1S/C14H2.C13H4.C12H5BrN2OS.C12H6N2OS.C11H4.C4H3O.2C4H9.Sn.H/c1-3-5-7-9-11-13-14-12-10-8-6-4-2;1-3-5-7-9-11-13-12-10-8-6-4-2;1-15-8(7-14)6-9-2-4-11(17-9)10-3-5-12(13)16-10;1-14-9(8-13)7-10-4-5-12(16-10)11-3-2-6-15-11;1-3-5-7-9-11-10-8-6-4-2;1-2-4-5-3-1;2*1-3-4-2;;/h1-2H;1H,2H3;2-6H;2-7H;1H,2H3;1-3H;2*1,3-4H2,2H3;;/b;;8-6-;9-7-;;;;;;. The molecule has 7 nitrogen and oxygen atoms in total. The van der Waals surface area contributed by atoms with Crippen LogP contribution in [0.25, 0.3) is 43.1 Å². The Morgan fingerprint density at radius 2 is 0.871 bits per heavy atom. The SMILES string of the molecule is C#CC#CC#CC#CC#CC.C#CC#CC#CC#CC#CC#CC.C#CC#CC#CC#CC#CC#CC#C.CCC[CH2][SnH]([CH2]CCC)[c]1ccco1.[C-]#[N+]/C(C#N)=C\c1ccc(-c2ccc(Br)o2)s1.[C-]#[N+]/C(C#N)=C\c1ccc(-c2ccco2)s1. The van der Waals surface area contributed by atoms with Crippen LogP contribution in [0.1, 0.15) is 63.1 Å². The first-order valence-corrected chi connectivity index (χ1v) is 33.1. The molecule has 0 unspecified atom stereocenters. The zero-order valence-corrected chi connectivity index (χ0v) is 52.9. The molecule has 0 fully saturated rings. The molecule has 0 spiro atoms. The van der Waals surface area contributed by atoms with Crippen LogP contribution in [0, 0.1) is 251 Å². The molecule has 0 saturated carbocycles. The smallest absolute Gasteiger partial charge is 0.263 e. The van der Waals surface area contributed by atoms with Crippen LogP contribution in [0.5, 0.6) is 0 Å². The van der Waals surface area contributed by atoms with Gasteiger partial charge < -0.3 is 8.83 Å². The second-order valence-corrected chi connectivity index (χ2v) is 26.2. The Morgan fingerprint density at radius 1 is 0.506 bits per heavy atom. The van der Waals surface area contributed by atoms with Crippen LogP contribution in [-0.2, 0) is 0 Å². The normalized spacial score (nSPS) is 7.65. The maximum absolute atomic E-state index is 8.66. The van der Waals surface area contributed by atoms with Gasteiger partial charge in [0, 0.05) is 9.75 Å². The third-order valence-corrected chi connectivity index (χ3v) is 20.7.